The lowest BCUT2D eigenvalue weighted by Gasteiger charge is -2.26. The third-order valence-electron chi connectivity index (χ3n) is 3.63. The van der Waals surface area contributed by atoms with Crippen LogP contribution in [0, 0.1) is 0 Å². The Kier molecular flexibility index (Phi) is 8.65. The molecule has 2 rings (SSSR count). The third kappa shape index (κ3) is 5.71. The Bertz CT molecular complexity index is 616. The first-order valence-electron chi connectivity index (χ1n) is 7.71. The topological polar surface area (TPSA) is 102 Å². The highest BCUT2D eigenvalue weighted by Crippen LogP contribution is 2.13. The zero-order chi connectivity index (χ0) is 16.7. The normalized spacial score (nSPS) is 15.0. The average Bonchev–Trinajstić information content (AvgIpc) is 2.59. The Hall–Kier alpha value is -1.19. The summed E-state index contributed by atoms with van der Waals surface area (Å²) in [5.74, 6) is -0.104. The second-order valence-corrected chi connectivity index (χ2v) is 7.09. The first kappa shape index (κ1) is 20.9. The van der Waals surface area contributed by atoms with E-state index in [0.29, 0.717) is 51.4 Å². The fourth-order valence-corrected chi connectivity index (χ4v) is 3.36. The van der Waals surface area contributed by atoms with E-state index in [0.717, 1.165) is 6.42 Å². The molecule has 0 spiro atoms. The summed E-state index contributed by atoms with van der Waals surface area (Å²) >= 11 is 0. The van der Waals surface area contributed by atoms with Crippen molar-refractivity contribution >= 4 is 28.3 Å². The lowest BCUT2D eigenvalue weighted by Crippen LogP contribution is -2.40. The number of morpholine rings is 1. The number of ether oxygens (including phenoxy) is 1. The van der Waals surface area contributed by atoms with Gasteiger partial charge in [0.05, 0.1) is 18.1 Å². The summed E-state index contributed by atoms with van der Waals surface area (Å²) in [6.45, 7) is 3.08. The second-order valence-electron chi connectivity index (χ2n) is 5.32. The Morgan fingerprint density at radius 1 is 1.17 bits per heavy atom. The van der Waals surface area contributed by atoms with E-state index in [2.05, 4.69) is 4.72 Å². The van der Waals surface area contributed by atoms with Crippen LogP contribution in [-0.4, -0.2) is 58.6 Å². The van der Waals surface area contributed by atoms with Gasteiger partial charge >= 0.3 is 0 Å². The van der Waals surface area contributed by atoms with Gasteiger partial charge in [-0.1, -0.05) is 0 Å². The van der Waals surface area contributed by atoms with Gasteiger partial charge in [0.2, 0.25) is 10.0 Å². The second kappa shape index (κ2) is 9.95. The van der Waals surface area contributed by atoms with Crippen LogP contribution in [0.15, 0.2) is 29.2 Å². The van der Waals surface area contributed by atoms with Crippen molar-refractivity contribution in [1.29, 1.82) is 0 Å². The van der Waals surface area contributed by atoms with Crippen LogP contribution < -0.4 is 10.5 Å². The molecule has 0 radical (unpaired) electrons. The van der Waals surface area contributed by atoms with Crippen LogP contribution >= 0.6 is 12.4 Å². The number of unbranched alkanes of at least 4 members (excludes halogenated alkanes) is 1. The molecule has 0 bridgehead atoms. The highest BCUT2D eigenvalue weighted by atomic mass is 35.5. The molecule has 0 saturated carbocycles. The minimum absolute atomic E-state index is 0. The van der Waals surface area contributed by atoms with Gasteiger partial charge in [-0.3, -0.25) is 4.79 Å². The molecule has 1 aromatic carbocycles. The molecule has 0 aliphatic carbocycles. The third-order valence-corrected chi connectivity index (χ3v) is 5.11. The van der Waals surface area contributed by atoms with E-state index >= 15 is 0 Å². The summed E-state index contributed by atoms with van der Waals surface area (Å²) in [5, 5.41) is 0. The molecule has 1 fully saturated rings. The maximum atomic E-state index is 12.3. The summed E-state index contributed by atoms with van der Waals surface area (Å²) in [6, 6.07) is 6.01. The van der Waals surface area contributed by atoms with Crippen molar-refractivity contribution in [3.05, 3.63) is 29.8 Å². The van der Waals surface area contributed by atoms with Crippen molar-refractivity contribution in [1.82, 2.24) is 9.62 Å². The zero-order valence-electron chi connectivity index (χ0n) is 13.4. The number of halogens is 1. The molecule has 3 N–H and O–H groups in total. The number of hydrogen-bond acceptors (Lipinski definition) is 5. The fourth-order valence-electron chi connectivity index (χ4n) is 2.28. The molecule has 7 nitrogen and oxygen atoms in total. The molecule has 9 heteroatoms. The summed E-state index contributed by atoms with van der Waals surface area (Å²) in [4.78, 5) is 14.2. The summed E-state index contributed by atoms with van der Waals surface area (Å²) in [6.07, 6.45) is 1.47. The molecule has 1 aromatic rings. The lowest BCUT2D eigenvalue weighted by atomic mass is 10.2. The Balaban J connectivity index is 0.00000288. The molecule has 1 heterocycles. The average molecular weight is 378 g/mol. The minimum Gasteiger partial charge on any atom is -0.378 e. The number of nitrogens with two attached hydrogens (primary N) is 1. The number of rotatable bonds is 7. The molecule has 0 unspecified atom stereocenters. The van der Waals surface area contributed by atoms with E-state index in [-0.39, 0.29) is 23.2 Å². The van der Waals surface area contributed by atoms with Crippen LogP contribution in [-0.2, 0) is 14.8 Å². The van der Waals surface area contributed by atoms with Gasteiger partial charge in [-0.05, 0) is 43.7 Å². The first-order chi connectivity index (χ1) is 11.0. The maximum absolute atomic E-state index is 12.3. The first-order valence-corrected chi connectivity index (χ1v) is 9.20. The van der Waals surface area contributed by atoms with Crippen molar-refractivity contribution < 1.29 is 17.9 Å². The highest BCUT2D eigenvalue weighted by molar-refractivity contribution is 7.89. The van der Waals surface area contributed by atoms with Gasteiger partial charge in [-0.2, -0.15) is 0 Å². The van der Waals surface area contributed by atoms with E-state index in [9.17, 15) is 13.2 Å². The number of benzene rings is 1. The molecule has 1 aliphatic heterocycles. The number of amides is 1. The van der Waals surface area contributed by atoms with Crippen molar-refractivity contribution in [2.45, 2.75) is 17.7 Å². The quantitative estimate of drug-likeness (QED) is 0.677. The number of nitrogens with zero attached hydrogens (tertiary/aromatic N) is 1. The molecular formula is C15H24ClN3O4S. The molecule has 1 saturated heterocycles. The molecular weight excluding hydrogens is 354 g/mol. The van der Waals surface area contributed by atoms with Crippen LogP contribution in [0.3, 0.4) is 0 Å². The van der Waals surface area contributed by atoms with E-state index < -0.39 is 10.0 Å². The number of carbonyl (C=O) groups excluding carboxylic acids is 1. The maximum Gasteiger partial charge on any atom is 0.254 e. The summed E-state index contributed by atoms with van der Waals surface area (Å²) < 4.78 is 32.0. The van der Waals surface area contributed by atoms with Crippen LogP contribution in [0.4, 0.5) is 0 Å². The number of hydrogen-bond donors (Lipinski definition) is 2. The largest absolute Gasteiger partial charge is 0.378 e. The number of carbonyl (C=O) groups is 1. The molecule has 1 amide bonds. The van der Waals surface area contributed by atoms with Gasteiger partial charge in [-0.25, -0.2) is 13.1 Å². The van der Waals surface area contributed by atoms with Gasteiger partial charge in [0.1, 0.15) is 0 Å². The van der Waals surface area contributed by atoms with Gasteiger partial charge in [-0.15, -0.1) is 12.4 Å². The standard InChI is InChI=1S/C15H23N3O4S.ClH/c16-7-1-2-8-17-23(20,21)14-5-3-13(4-6-14)15(19)18-9-11-22-12-10-18;/h3-6,17H,1-2,7-12,16H2;1H. The van der Waals surface area contributed by atoms with Gasteiger partial charge in [0, 0.05) is 25.2 Å². The minimum atomic E-state index is -3.54. The Labute approximate surface area is 149 Å². The SMILES string of the molecule is Cl.NCCCCNS(=O)(=O)c1ccc(C(=O)N2CCOCC2)cc1. The molecule has 136 valence electrons. The monoisotopic (exact) mass is 377 g/mol. The predicted octanol–water partition coefficient (Wildman–Crippen LogP) is 0.598. The van der Waals surface area contributed by atoms with Crippen LogP contribution in [0.5, 0.6) is 0 Å². The lowest BCUT2D eigenvalue weighted by molar-refractivity contribution is 0.0303. The zero-order valence-corrected chi connectivity index (χ0v) is 15.1. The van der Waals surface area contributed by atoms with Gasteiger partial charge in [0.15, 0.2) is 0 Å². The summed E-state index contributed by atoms with van der Waals surface area (Å²) in [5.41, 5.74) is 5.86. The molecule has 1 aliphatic rings. The molecule has 0 atom stereocenters. The van der Waals surface area contributed by atoms with Gasteiger partial charge in [0.25, 0.3) is 5.91 Å². The fraction of sp³-hybridized carbons (Fsp3) is 0.533. The van der Waals surface area contributed by atoms with Crippen molar-refractivity contribution in [2.75, 3.05) is 39.4 Å². The van der Waals surface area contributed by atoms with Crippen LogP contribution in [0.1, 0.15) is 23.2 Å². The Morgan fingerprint density at radius 3 is 2.38 bits per heavy atom. The van der Waals surface area contributed by atoms with Crippen molar-refractivity contribution in [3.8, 4) is 0 Å². The Morgan fingerprint density at radius 2 is 1.79 bits per heavy atom. The molecule has 0 aromatic heterocycles. The summed E-state index contributed by atoms with van der Waals surface area (Å²) in [7, 11) is -3.54. The van der Waals surface area contributed by atoms with Crippen LogP contribution in [0.25, 0.3) is 0 Å². The van der Waals surface area contributed by atoms with Crippen molar-refractivity contribution in [2.24, 2.45) is 5.73 Å². The van der Waals surface area contributed by atoms with E-state index in [1.165, 1.54) is 12.1 Å². The van der Waals surface area contributed by atoms with Gasteiger partial charge < -0.3 is 15.4 Å². The highest BCUT2D eigenvalue weighted by Gasteiger charge is 2.19. The predicted molar refractivity (Wildman–Crippen MR) is 93.9 cm³/mol. The number of nitrogens with one attached hydrogen (secondary N) is 1. The van der Waals surface area contributed by atoms with E-state index in [1.807, 2.05) is 0 Å². The van der Waals surface area contributed by atoms with Crippen LogP contribution in [0.2, 0.25) is 0 Å². The van der Waals surface area contributed by atoms with E-state index in [4.69, 9.17) is 10.5 Å². The smallest absolute Gasteiger partial charge is 0.254 e. The van der Waals surface area contributed by atoms with Crippen molar-refractivity contribution in [3.63, 3.8) is 0 Å². The molecule has 24 heavy (non-hydrogen) atoms. The number of sulfonamides is 1. The van der Waals surface area contributed by atoms with E-state index in [1.54, 1.807) is 17.0 Å².